The fraction of sp³-hybridized carbons (Fsp3) is 0.316. The Morgan fingerprint density at radius 2 is 1.52 bits per heavy atom. The number of carbonyl (C=O) groups excluding carboxylic acids is 1. The zero-order valence-electron chi connectivity index (χ0n) is 15.0. The van der Waals surface area contributed by atoms with Crippen LogP contribution in [0.15, 0.2) is 53.4 Å². The summed E-state index contributed by atoms with van der Waals surface area (Å²) in [4.78, 5) is 12.2. The molecule has 6 heteroatoms. The molecule has 0 aliphatic carbocycles. The molecule has 0 aliphatic heterocycles. The number of nitrogens with one attached hydrogen (secondary N) is 2. The van der Waals surface area contributed by atoms with Crippen LogP contribution >= 0.6 is 0 Å². The van der Waals surface area contributed by atoms with Gasteiger partial charge in [-0.05, 0) is 69.2 Å². The summed E-state index contributed by atoms with van der Waals surface area (Å²) < 4.78 is 27.5. The second-order valence-corrected chi connectivity index (χ2v) is 8.57. The molecule has 0 bridgehead atoms. The van der Waals surface area contributed by atoms with Crippen molar-refractivity contribution in [3.63, 3.8) is 0 Å². The predicted molar refractivity (Wildman–Crippen MR) is 100 cm³/mol. The number of hydrogen-bond donors (Lipinski definition) is 2. The van der Waals surface area contributed by atoms with Crippen molar-refractivity contribution in [1.82, 2.24) is 5.32 Å². The van der Waals surface area contributed by atoms with Crippen LogP contribution in [-0.2, 0) is 16.4 Å². The summed E-state index contributed by atoms with van der Waals surface area (Å²) >= 11 is 0. The lowest BCUT2D eigenvalue weighted by Gasteiger charge is -2.20. The first-order chi connectivity index (χ1) is 11.6. The fourth-order valence-corrected chi connectivity index (χ4v) is 3.28. The zero-order valence-corrected chi connectivity index (χ0v) is 15.8. The Morgan fingerprint density at radius 3 is 2.00 bits per heavy atom. The highest BCUT2D eigenvalue weighted by atomic mass is 32.2. The highest BCUT2D eigenvalue weighted by Crippen LogP contribution is 2.18. The van der Waals surface area contributed by atoms with Crippen LogP contribution < -0.4 is 10.0 Å². The molecule has 0 atom stereocenters. The third-order valence-corrected chi connectivity index (χ3v) is 4.93. The van der Waals surface area contributed by atoms with E-state index in [0.717, 1.165) is 12.0 Å². The van der Waals surface area contributed by atoms with Crippen LogP contribution in [0.25, 0.3) is 0 Å². The first-order valence-electron chi connectivity index (χ1n) is 8.15. The van der Waals surface area contributed by atoms with E-state index in [1.807, 2.05) is 39.8 Å². The smallest absolute Gasteiger partial charge is 0.261 e. The quantitative estimate of drug-likeness (QED) is 0.856. The molecule has 0 fully saturated rings. The molecule has 0 radical (unpaired) electrons. The van der Waals surface area contributed by atoms with Crippen LogP contribution in [-0.4, -0.2) is 19.9 Å². The van der Waals surface area contributed by atoms with Crippen molar-refractivity contribution in [1.29, 1.82) is 0 Å². The molecule has 134 valence electrons. The van der Waals surface area contributed by atoms with E-state index in [0.29, 0.717) is 11.3 Å². The number of sulfonamides is 1. The molecule has 0 aromatic heterocycles. The molecule has 25 heavy (non-hydrogen) atoms. The number of carbonyl (C=O) groups is 1. The minimum atomic E-state index is -3.69. The van der Waals surface area contributed by atoms with Crippen LogP contribution in [0.4, 0.5) is 5.69 Å². The number of aryl methyl sites for hydroxylation is 1. The van der Waals surface area contributed by atoms with Crippen LogP contribution in [0.5, 0.6) is 0 Å². The number of hydrogen-bond acceptors (Lipinski definition) is 3. The lowest BCUT2D eigenvalue weighted by Crippen LogP contribution is -2.40. The Labute approximate surface area is 149 Å². The van der Waals surface area contributed by atoms with Crippen molar-refractivity contribution in [2.75, 3.05) is 4.72 Å². The summed E-state index contributed by atoms with van der Waals surface area (Å²) in [7, 11) is -3.69. The van der Waals surface area contributed by atoms with E-state index in [-0.39, 0.29) is 16.3 Å². The van der Waals surface area contributed by atoms with Gasteiger partial charge in [-0.2, -0.15) is 0 Å². The summed E-state index contributed by atoms with van der Waals surface area (Å²) in [6.45, 7) is 7.70. The summed E-state index contributed by atoms with van der Waals surface area (Å²) in [5.41, 5.74) is 1.71. The summed E-state index contributed by atoms with van der Waals surface area (Å²) in [5.74, 6) is -0.237. The Hall–Kier alpha value is -2.34. The topological polar surface area (TPSA) is 75.3 Å². The lowest BCUT2D eigenvalue weighted by atomic mass is 10.1. The first kappa shape index (κ1) is 19.0. The van der Waals surface area contributed by atoms with Crippen molar-refractivity contribution in [3.05, 3.63) is 59.7 Å². The molecule has 0 spiro atoms. The maximum atomic E-state index is 12.5. The molecule has 1 amide bonds. The Bertz CT molecular complexity index is 834. The maximum Gasteiger partial charge on any atom is 0.261 e. The average molecular weight is 360 g/mol. The van der Waals surface area contributed by atoms with Gasteiger partial charge in [-0.15, -0.1) is 0 Å². The number of amides is 1. The van der Waals surface area contributed by atoms with Crippen molar-refractivity contribution in [2.24, 2.45) is 0 Å². The number of rotatable bonds is 5. The maximum absolute atomic E-state index is 12.5. The third-order valence-electron chi connectivity index (χ3n) is 3.53. The van der Waals surface area contributed by atoms with Crippen LogP contribution in [0.3, 0.4) is 0 Å². The van der Waals surface area contributed by atoms with Gasteiger partial charge in [0.2, 0.25) is 0 Å². The van der Waals surface area contributed by atoms with Gasteiger partial charge in [0, 0.05) is 16.8 Å². The highest BCUT2D eigenvalue weighted by molar-refractivity contribution is 7.92. The Morgan fingerprint density at radius 1 is 0.960 bits per heavy atom. The minimum Gasteiger partial charge on any atom is -0.347 e. The first-order valence-corrected chi connectivity index (χ1v) is 9.63. The van der Waals surface area contributed by atoms with Crippen LogP contribution in [0, 0.1) is 0 Å². The van der Waals surface area contributed by atoms with Gasteiger partial charge in [0.15, 0.2) is 0 Å². The largest absolute Gasteiger partial charge is 0.347 e. The molecular formula is C19H24N2O3S. The Balaban J connectivity index is 2.15. The molecule has 0 heterocycles. The number of benzene rings is 2. The van der Waals surface area contributed by atoms with Gasteiger partial charge in [0.1, 0.15) is 0 Å². The molecule has 0 saturated heterocycles. The van der Waals surface area contributed by atoms with Crippen LogP contribution in [0.1, 0.15) is 43.6 Å². The van der Waals surface area contributed by atoms with Gasteiger partial charge >= 0.3 is 0 Å². The Kier molecular flexibility index (Phi) is 5.52. The number of anilines is 1. The minimum absolute atomic E-state index is 0.111. The average Bonchev–Trinajstić information content (AvgIpc) is 2.54. The molecule has 2 aromatic rings. The van der Waals surface area contributed by atoms with Gasteiger partial charge < -0.3 is 5.32 Å². The zero-order chi connectivity index (χ0) is 18.7. The molecule has 0 saturated carbocycles. The van der Waals surface area contributed by atoms with E-state index in [2.05, 4.69) is 10.0 Å². The van der Waals surface area contributed by atoms with Crippen molar-refractivity contribution in [3.8, 4) is 0 Å². The summed E-state index contributed by atoms with van der Waals surface area (Å²) in [6, 6.07) is 13.1. The van der Waals surface area contributed by atoms with Gasteiger partial charge in [0.25, 0.3) is 15.9 Å². The second-order valence-electron chi connectivity index (χ2n) is 6.88. The van der Waals surface area contributed by atoms with E-state index in [1.54, 1.807) is 12.1 Å². The van der Waals surface area contributed by atoms with Crippen LogP contribution in [0.2, 0.25) is 0 Å². The van der Waals surface area contributed by atoms with E-state index in [1.165, 1.54) is 24.3 Å². The van der Waals surface area contributed by atoms with Gasteiger partial charge in [-0.1, -0.05) is 19.1 Å². The van der Waals surface area contributed by atoms with Crippen molar-refractivity contribution >= 4 is 21.6 Å². The second kappa shape index (κ2) is 7.27. The standard InChI is InChI=1S/C19H24N2O3S/c1-5-14-6-10-16(11-7-14)21-25(23,24)17-12-8-15(9-13-17)18(22)20-19(2,3)4/h6-13,21H,5H2,1-4H3,(H,20,22). The summed E-state index contributed by atoms with van der Waals surface area (Å²) in [5, 5.41) is 2.84. The van der Waals surface area contributed by atoms with Crippen molar-refractivity contribution < 1.29 is 13.2 Å². The van der Waals surface area contributed by atoms with E-state index in [4.69, 9.17) is 0 Å². The van der Waals surface area contributed by atoms with Gasteiger partial charge in [-0.3, -0.25) is 9.52 Å². The van der Waals surface area contributed by atoms with E-state index in [9.17, 15) is 13.2 Å². The molecule has 2 rings (SSSR count). The normalized spacial score (nSPS) is 11.8. The lowest BCUT2D eigenvalue weighted by molar-refractivity contribution is 0.0919. The highest BCUT2D eigenvalue weighted by Gasteiger charge is 2.18. The summed E-state index contributed by atoms with van der Waals surface area (Å²) in [6.07, 6.45) is 0.894. The fourth-order valence-electron chi connectivity index (χ4n) is 2.22. The monoisotopic (exact) mass is 360 g/mol. The molecule has 0 unspecified atom stereocenters. The van der Waals surface area contributed by atoms with Crippen molar-refractivity contribution in [2.45, 2.75) is 44.6 Å². The SMILES string of the molecule is CCc1ccc(NS(=O)(=O)c2ccc(C(=O)NC(C)(C)C)cc2)cc1. The molecule has 2 N–H and O–H groups in total. The third kappa shape index (κ3) is 5.32. The molecule has 5 nitrogen and oxygen atoms in total. The van der Waals surface area contributed by atoms with E-state index >= 15 is 0 Å². The molecule has 0 aliphatic rings. The predicted octanol–water partition coefficient (Wildman–Crippen LogP) is 3.58. The van der Waals surface area contributed by atoms with E-state index < -0.39 is 10.0 Å². The molecule has 2 aromatic carbocycles. The molecular weight excluding hydrogens is 336 g/mol. The van der Waals surface area contributed by atoms with Gasteiger partial charge in [0.05, 0.1) is 4.90 Å². The van der Waals surface area contributed by atoms with Gasteiger partial charge in [-0.25, -0.2) is 8.42 Å².